The summed E-state index contributed by atoms with van der Waals surface area (Å²) in [7, 11) is 0. The van der Waals surface area contributed by atoms with Crippen LogP contribution in [0.25, 0.3) is 0 Å². The molecular formula is C12H18Cl2N2. The Hall–Kier alpha value is -0.280. The average Bonchev–Trinajstić information content (AvgIpc) is 2.28. The molecule has 0 aliphatic heterocycles. The quantitative estimate of drug-likeness (QED) is 0.737. The summed E-state index contributed by atoms with van der Waals surface area (Å²) in [6.07, 6.45) is 1.13. The molecule has 90 valence electrons. The molecule has 0 radical (unpaired) electrons. The number of benzene rings is 1. The van der Waals surface area contributed by atoms with Crippen molar-refractivity contribution in [3.63, 3.8) is 0 Å². The second kappa shape index (κ2) is 7.91. The normalized spacial score (nSPS) is 10.7. The molecule has 0 saturated heterocycles. The molecule has 0 fully saturated rings. The van der Waals surface area contributed by atoms with Gasteiger partial charge in [0, 0.05) is 6.54 Å². The molecule has 2 nitrogen and oxygen atoms in total. The van der Waals surface area contributed by atoms with E-state index in [1.54, 1.807) is 0 Å². The summed E-state index contributed by atoms with van der Waals surface area (Å²) in [4.78, 5) is 0. The number of halogens is 2. The summed E-state index contributed by atoms with van der Waals surface area (Å²) >= 11 is 11.8. The van der Waals surface area contributed by atoms with E-state index in [1.807, 2.05) is 18.2 Å². The van der Waals surface area contributed by atoms with Gasteiger partial charge in [0.05, 0.1) is 10.0 Å². The minimum absolute atomic E-state index is 0.609. The van der Waals surface area contributed by atoms with Crippen molar-refractivity contribution >= 4 is 23.2 Å². The predicted octanol–water partition coefficient (Wildman–Crippen LogP) is 3.08. The summed E-state index contributed by atoms with van der Waals surface area (Å²) in [5, 5.41) is 7.88. The highest BCUT2D eigenvalue weighted by molar-refractivity contribution is 6.42. The molecule has 0 aliphatic carbocycles. The molecule has 1 aromatic carbocycles. The lowest BCUT2D eigenvalue weighted by Gasteiger charge is -2.06. The van der Waals surface area contributed by atoms with Crippen molar-refractivity contribution in [2.75, 3.05) is 19.6 Å². The Bertz CT molecular complexity index is 316. The maximum Gasteiger partial charge on any atom is 0.0595 e. The van der Waals surface area contributed by atoms with E-state index in [2.05, 4.69) is 17.6 Å². The van der Waals surface area contributed by atoms with Gasteiger partial charge in [-0.3, -0.25) is 0 Å². The fourth-order valence-electron chi connectivity index (χ4n) is 1.40. The molecule has 0 aromatic heterocycles. The minimum atomic E-state index is 0.609. The maximum atomic E-state index is 5.93. The van der Waals surface area contributed by atoms with E-state index in [-0.39, 0.29) is 0 Å². The van der Waals surface area contributed by atoms with Crippen molar-refractivity contribution in [2.24, 2.45) is 0 Å². The number of nitrogens with one attached hydrogen (secondary N) is 2. The van der Waals surface area contributed by atoms with Crippen LogP contribution in [0.2, 0.25) is 10.0 Å². The van der Waals surface area contributed by atoms with Gasteiger partial charge in [0.25, 0.3) is 0 Å². The first kappa shape index (κ1) is 13.8. The molecule has 0 aliphatic rings. The molecule has 2 N–H and O–H groups in total. The Morgan fingerprint density at radius 3 is 2.50 bits per heavy atom. The fourth-order valence-corrected chi connectivity index (χ4v) is 1.72. The van der Waals surface area contributed by atoms with E-state index in [0.717, 1.165) is 38.2 Å². The van der Waals surface area contributed by atoms with Crippen LogP contribution in [0, 0.1) is 0 Å². The van der Waals surface area contributed by atoms with E-state index in [0.29, 0.717) is 10.0 Å². The van der Waals surface area contributed by atoms with Crippen LogP contribution < -0.4 is 10.6 Å². The van der Waals surface area contributed by atoms with Crippen molar-refractivity contribution in [1.29, 1.82) is 0 Å². The second-order valence-corrected chi connectivity index (χ2v) is 4.45. The van der Waals surface area contributed by atoms with Gasteiger partial charge < -0.3 is 10.6 Å². The first-order valence-corrected chi connectivity index (χ1v) is 6.35. The molecule has 1 aromatic rings. The summed E-state index contributed by atoms with van der Waals surface area (Å²) in [5.74, 6) is 0. The largest absolute Gasteiger partial charge is 0.317 e. The molecule has 4 heteroatoms. The zero-order valence-corrected chi connectivity index (χ0v) is 11.0. The molecule has 16 heavy (non-hydrogen) atoms. The third-order valence-electron chi connectivity index (χ3n) is 2.27. The van der Waals surface area contributed by atoms with Crippen LogP contribution in [0.15, 0.2) is 18.2 Å². The lowest BCUT2D eigenvalue weighted by molar-refractivity contribution is 0.606. The number of hydrogen-bond acceptors (Lipinski definition) is 2. The first-order chi connectivity index (χ1) is 7.74. The topological polar surface area (TPSA) is 24.1 Å². The third kappa shape index (κ3) is 5.17. The van der Waals surface area contributed by atoms with Gasteiger partial charge in [0.1, 0.15) is 0 Å². The molecule has 1 rings (SSSR count). The standard InChI is InChI=1S/C12H18Cl2N2/c1-2-15-6-3-7-16-9-10-4-5-11(13)12(14)8-10/h4-5,8,15-16H,2-3,6-7,9H2,1H3. The fraction of sp³-hybridized carbons (Fsp3) is 0.500. The monoisotopic (exact) mass is 260 g/mol. The smallest absolute Gasteiger partial charge is 0.0595 e. The van der Waals surface area contributed by atoms with Gasteiger partial charge in [-0.1, -0.05) is 36.2 Å². The number of rotatable bonds is 7. The van der Waals surface area contributed by atoms with Gasteiger partial charge in [-0.05, 0) is 43.8 Å². The summed E-state index contributed by atoms with van der Waals surface area (Å²) < 4.78 is 0. The highest BCUT2D eigenvalue weighted by Crippen LogP contribution is 2.22. The minimum Gasteiger partial charge on any atom is -0.317 e. The summed E-state index contributed by atoms with van der Waals surface area (Å²) in [5.41, 5.74) is 1.16. The second-order valence-electron chi connectivity index (χ2n) is 3.63. The Kier molecular flexibility index (Phi) is 6.81. The maximum absolute atomic E-state index is 5.93. The molecule has 0 bridgehead atoms. The molecule has 0 saturated carbocycles. The van der Waals surface area contributed by atoms with Crippen LogP contribution in [-0.4, -0.2) is 19.6 Å². The van der Waals surface area contributed by atoms with Crippen LogP contribution in [0.1, 0.15) is 18.9 Å². The Morgan fingerprint density at radius 2 is 1.81 bits per heavy atom. The van der Waals surface area contributed by atoms with E-state index < -0.39 is 0 Å². The molecular weight excluding hydrogens is 243 g/mol. The van der Waals surface area contributed by atoms with Crippen molar-refractivity contribution < 1.29 is 0 Å². The lowest BCUT2D eigenvalue weighted by Crippen LogP contribution is -2.21. The van der Waals surface area contributed by atoms with Crippen molar-refractivity contribution in [3.05, 3.63) is 33.8 Å². The van der Waals surface area contributed by atoms with Crippen LogP contribution in [0.3, 0.4) is 0 Å². The Balaban J connectivity index is 2.19. The van der Waals surface area contributed by atoms with Gasteiger partial charge in [-0.15, -0.1) is 0 Å². The van der Waals surface area contributed by atoms with Gasteiger partial charge in [-0.25, -0.2) is 0 Å². The van der Waals surface area contributed by atoms with E-state index in [4.69, 9.17) is 23.2 Å². The van der Waals surface area contributed by atoms with Crippen molar-refractivity contribution in [3.8, 4) is 0 Å². The van der Waals surface area contributed by atoms with E-state index in [1.165, 1.54) is 0 Å². The van der Waals surface area contributed by atoms with E-state index in [9.17, 15) is 0 Å². The molecule has 0 spiro atoms. The van der Waals surface area contributed by atoms with Crippen LogP contribution in [-0.2, 0) is 6.54 Å². The predicted molar refractivity (Wildman–Crippen MR) is 71.3 cm³/mol. The Morgan fingerprint density at radius 1 is 1.06 bits per heavy atom. The van der Waals surface area contributed by atoms with E-state index >= 15 is 0 Å². The lowest BCUT2D eigenvalue weighted by atomic mass is 10.2. The van der Waals surface area contributed by atoms with Crippen LogP contribution >= 0.6 is 23.2 Å². The van der Waals surface area contributed by atoms with Crippen LogP contribution in [0.5, 0.6) is 0 Å². The van der Waals surface area contributed by atoms with Crippen molar-refractivity contribution in [1.82, 2.24) is 10.6 Å². The van der Waals surface area contributed by atoms with Gasteiger partial charge >= 0.3 is 0 Å². The third-order valence-corrected chi connectivity index (χ3v) is 3.01. The SMILES string of the molecule is CCNCCCNCc1ccc(Cl)c(Cl)c1. The Labute approximate surface area is 107 Å². The molecule has 0 amide bonds. The molecule has 0 atom stereocenters. The van der Waals surface area contributed by atoms with Gasteiger partial charge in [-0.2, -0.15) is 0 Å². The zero-order chi connectivity index (χ0) is 11.8. The van der Waals surface area contributed by atoms with Crippen LogP contribution in [0.4, 0.5) is 0 Å². The van der Waals surface area contributed by atoms with Crippen molar-refractivity contribution in [2.45, 2.75) is 19.9 Å². The molecule has 0 unspecified atom stereocenters. The number of hydrogen-bond donors (Lipinski definition) is 2. The highest BCUT2D eigenvalue weighted by atomic mass is 35.5. The summed E-state index contributed by atoms with van der Waals surface area (Å²) in [6.45, 7) is 6.05. The average molecular weight is 261 g/mol. The summed E-state index contributed by atoms with van der Waals surface area (Å²) in [6, 6.07) is 5.73. The first-order valence-electron chi connectivity index (χ1n) is 5.59. The van der Waals surface area contributed by atoms with Gasteiger partial charge in [0.15, 0.2) is 0 Å². The zero-order valence-electron chi connectivity index (χ0n) is 9.52. The van der Waals surface area contributed by atoms with Gasteiger partial charge in [0.2, 0.25) is 0 Å². The molecule has 0 heterocycles. The highest BCUT2D eigenvalue weighted by Gasteiger charge is 1.98.